The molecule has 8 heteroatoms. The van der Waals surface area contributed by atoms with Gasteiger partial charge in [-0.15, -0.1) is 0 Å². The minimum Gasteiger partial charge on any atom is -0.493 e. The van der Waals surface area contributed by atoms with Gasteiger partial charge in [0.15, 0.2) is 16.9 Å². The Morgan fingerprint density at radius 2 is 1.97 bits per heavy atom. The van der Waals surface area contributed by atoms with Crippen molar-refractivity contribution in [3.05, 3.63) is 45.6 Å². The maximum atomic E-state index is 10.2. The number of nitrogens with zero attached hydrogens (tertiary/aromatic N) is 4. The molecule has 0 aromatic heterocycles. The van der Waals surface area contributed by atoms with E-state index in [9.17, 15) is 15.8 Å². The number of hydrogen-bond donors (Lipinski definition) is 1. The molecule has 0 spiro atoms. The van der Waals surface area contributed by atoms with Gasteiger partial charge in [-0.1, -0.05) is 24.6 Å². The van der Waals surface area contributed by atoms with E-state index in [0.717, 1.165) is 12.0 Å². The van der Waals surface area contributed by atoms with Crippen molar-refractivity contribution in [1.29, 1.82) is 15.8 Å². The van der Waals surface area contributed by atoms with Crippen molar-refractivity contribution < 1.29 is 9.47 Å². The molecule has 1 aromatic rings. The molecule has 0 bridgehead atoms. The van der Waals surface area contributed by atoms with Crippen LogP contribution in [0, 0.1) is 45.3 Å². The summed E-state index contributed by atoms with van der Waals surface area (Å²) in [5.74, 6) is -0.0491. The molecular weight excluding hydrogens is 414 g/mol. The van der Waals surface area contributed by atoms with Crippen LogP contribution in [0.25, 0.3) is 0 Å². The van der Waals surface area contributed by atoms with Crippen molar-refractivity contribution in [2.75, 3.05) is 33.9 Å². The number of hydrogen-bond acceptors (Lipinski definition) is 7. The van der Waals surface area contributed by atoms with E-state index in [1.54, 1.807) is 12.1 Å². The van der Waals surface area contributed by atoms with Gasteiger partial charge in [-0.3, -0.25) is 0 Å². The van der Waals surface area contributed by atoms with Crippen LogP contribution in [0.5, 0.6) is 11.5 Å². The molecule has 2 aliphatic rings. The van der Waals surface area contributed by atoms with E-state index >= 15 is 0 Å². The number of benzene rings is 1. The minimum atomic E-state index is -1.74. The molecular formula is C23H24ClN5O2. The number of likely N-dealkylation sites (N-methyl/N-ethyl adjacent to an activating group) is 1. The molecule has 160 valence electrons. The highest BCUT2D eigenvalue weighted by molar-refractivity contribution is 6.31. The summed E-state index contributed by atoms with van der Waals surface area (Å²) in [7, 11) is 3.47. The van der Waals surface area contributed by atoms with Crippen LogP contribution < -0.4 is 15.2 Å². The Morgan fingerprint density at radius 1 is 1.26 bits per heavy atom. The number of nitrogens with two attached hydrogens (primary N) is 1. The topological polar surface area (TPSA) is 119 Å². The third-order valence-corrected chi connectivity index (χ3v) is 6.25. The second kappa shape index (κ2) is 8.90. The first-order chi connectivity index (χ1) is 14.9. The van der Waals surface area contributed by atoms with Gasteiger partial charge in [0, 0.05) is 36.0 Å². The molecule has 0 radical (unpaired) electrons. The summed E-state index contributed by atoms with van der Waals surface area (Å²) < 4.78 is 11.3. The number of nitriles is 3. The van der Waals surface area contributed by atoms with Crippen molar-refractivity contribution in [1.82, 2.24) is 4.90 Å². The zero-order valence-electron chi connectivity index (χ0n) is 17.8. The molecule has 1 aromatic carbocycles. The second-order valence-electron chi connectivity index (χ2n) is 7.77. The number of ether oxygens (including phenoxy) is 2. The molecule has 2 atom stereocenters. The molecule has 7 nitrogen and oxygen atoms in total. The van der Waals surface area contributed by atoms with Crippen LogP contribution >= 0.6 is 11.6 Å². The van der Waals surface area contributed by atoms with E-state index in [0.29, 0.717) is 41.8 Å². The average molecular weight is 438 g/mol. The Bertz CT molecular complexity index is 1060. The summed E-state index contributed by atoms with van der Waals surface area (Å²) in [4.78, 5) is 2.07. The first-order valence-corrected chi connectivity index (χ1v) is 10.4. The highest BCUT2D eigenvalue weighted by Crippen LogP contribution is 2.56. The number of fused-ring (bicyclic) bond motifs is 1. The predicted octanol–water partition coefficient (Wildman–Crippen LogP) is 3.49. The lowest BCUT2D eigenvalue weighted by atomic mass is 9.58. The maximum Gasteiger partial charge on any atom is 0.191 e. The Kier molecular flexibility index (Phi) is 6.46. The highest BCUT2D eigenvalue weighted by atomic mass is 35.5. The first-order valence-electron chi connectivity index (χ1n) is 10.00. The van der Waals surface area contributed by atoms with Crippen molar-refractivity contribution in [2.45, 2.75) is 19.3 Å². The van der Waals surface area contributed by atoms with Gasteiger partial charge >= 0.3 is 0 Å². The quantitative estimate of drug-likeness (QED) is 0.748. The van der Waals surface area contributed by atoms with Crippen LogP contribution in [-0.2, 0) is 0 Å². The normalized spacial score (nSPS) is 22.4. The third-order valence-electron chi connectivity index (χ3n) is 5.93. The summed E-state index contributed by atoms with van der Waals surface area (Å²) in [5.41, 5.74) is 6.09. The smallest absolute Gasteiger partial charge is 0.191 e. The maximum absolute atomic E-state index is 10.2. The van der Waals surface area contributed by atoms with E-state index in [4.69, 9.17) is 26.8 Å². The van der Waals surface area contributed by atoms with Gasteiger partial charge < -0.3 is 20.1 Å². The van der Waals surface area contributed by atoms with Gasteiger partial charge in [0.05, 0.1) is 37.1 Å². The lowest BCUT2D eigenvalue weighted by molar-refractivity contribution is 0.237. The lowest BCUT2D eigenvalue weighted by Gasteiger charge is -2.45. The van der Waals surface area contributed by atoms with Gasteiger partial charge in [-0.25, -0.2) is 0 Å². The third kappa shape index (κ3) is 3.59. The highest BCUT2D eigenvalue weighted by Gasteiger charge is 2.55. The first kappa shape index (κ1) is 22.5. The lowest BCUT2D eigenvalue weighted by Crippen LogP contribution is -2.47. The van der Waals surface area contributed by atoms with Crippen LogP contribution in [-0.4, -0.2) is 38.8 Å². The fourth-order valence-corrected chi connectivity index (χ4v) is 4.71. The van der Waals surface area contributed by atoms with Crippen molar-refractivity contribution in [3.8, 4) is 29.7 Å². The van der Waals surface area contributed by atoms with E-state index in [1.807, 2.05) is 20.0 Å². The number of methoxy groups -OCH3 is 1. The molecule has 1 aliphatic carbocycles. The molecule has 0 saturated heterocycles. The van der Waals surface area contributed by atoms with Gasteiger partial charge in [0.1, 0.15) is 6.07 Å². The second-order valence-corrected chi connectivity index (χ2v) is 8.18. The van der Waals surface area contributed by atoms with Gasteiger partial charge in [-0.05, 0) is 30.7 Å². The number of halogens is 1. The standard InChI is InChI=1S/C23H24ClN5O2/c1-4-7-31-20-9-18(24)15(8-19(20)30-3)21-17-11-29(2)6-5-14(17)16(10-25)22(28)23(21,12-26)13-27/h5,8-9,17,21H,4,6-7,11,28H2,1-3H3/t17-,21-/m1/s1. The zero-order valence-corrected chi connectivity index (χ0v) is 18.5. The molecule has 0 fully saturated rings. The number of rotatable bonds is 5. The summed E-state index contributed by atoms with van der Waals surface area (Å²) in [5, 5.41) is 30.5. The van der Waals surface area contributed by atoms with E-state index in [1.165, 1.54) is 7.11 Å². The van der Waals surface area contributed by atoms with Gasteiger partial charge in [-0.2, -0.15) is 15.8 Å². The summed E-state index contributed by atoms with van der Waals surface area (Å²) in [6.45, 7) is 3.68. The fraction of sp³-hybridized carbons (Fsp3) is 0.435. The van der Waals surface area contributed by atoms with Crippen LogP contribution in [0.3, 0.4) is 0 Å². The summed E-state index contributed by atoms with van der Waals surface area (Å²) in [6, 6.07) is 9.73. The van der Waals surface area contributed by atoms with E-state index in [-0.39, 0.29) is 17.2 Å². The molecule has 0 unspecified atom stereocenters. The van der Waals surface area contributed by atoms with Gasteiger partial charge in [0.2, 0.25) is 0 Å². The Hall–Kier alpha value is -3.18. The van der Waals surface area contributed by atoms with Crippen molar-refractivity contribution >= 4 is 11.6 Å². The van der Waals surface area contributed by atoms with Crippen molar-refractivity contribution in [2.24, 2.45) is 17.1 Å². The average Bonchev–Trinajstić information content (AvgIpc) is 2.77. The number of allylic oxidation sites excluding steroid dienone is 2. The summed E-state index contributed by atoms with van der Waals surface area (Å²) in [6.07, 6.45) is 2.76. The summed E-state index contributed by atoms with van der Waals surface area (Å²) >= 11 is 6.69. The van der Waals surface area contributed by atoms with E-state index < -0.39 is 11.3 Å². The molecule has 3 rings (SSSR count). The molecule has 0 saturated carbocycles. The van der Waals surface area contributed by atoms with Crippen LogP contribution in [0.4, 0.5) is 0 Å². The van der Waals surface area contributed by atoms with Gasteiger partial charge in [0.25, 0.3) is 0 Å². The fourth-order valence-electron chi connectivity index (χ4n) is 4.44. The minimum absolute atomic E-state index is 0.0293. The molecule has 1 aliphatic heterocycles. The Labute approximate surface area is 187 Å². The Morgan fingerprint density at radius 3 is 2.55 bits per heavy atom. The largest absolute Gasteiger partial charge is 0.493 e. The van der Waals surface area contributed by atoms with Crippen LogP contribution in [0.2, 0.25) is 5.02 Å². The molecule has 1 heterocycles. The van der Waals surface area contributed by atoms with Crippen LogP contribution in [0.15, 0.2) is 35.1 Å². The van der Waals surface area contributed by atoms with Crippen molar-refractivity contribution in [3.63, 3.8) is 0 Å². The molecule has 2 N–H and O–H groups in total. The van der Waals surface area contributed by atoms with Crippen LogP contribution in [0.1, 0.15) is 24.8 Å². The monoisotopic (exact) mass is 437 g/mol. The Balaban J connectivity index is 2.30. The zero-order chi connectivity index (χ0) is 22.8. The van der Waals surface area contributed by atoms with E-state index in [2.05, 4.69) is 23.1 Å². The molecule has 31 heavy (non-hydrogen) atoms. The predicted molar refractivity (Wildman–Crippen MR) is 116 cm³/mol. The molecule has 0 amide bonds. The SMILES string of the molecule is CCCOc1cc(Cl)c([C@@H]2[C@@H]3CN(C)CC=C3C(C#N)=C(N)C2(C#N)C#N)cc1OC.